The number of carbonyl (C=O) groups excluding carboxylic acids is 1. The Labute approximate surface area is 228 Å². The van der Waals surface area contributed by atoms with Gasteiger partial charge in [0.05, 0.1) is 23.6 Å². The first kappa shape index (κ1) is 26.6. The van der Waals surface area contributed by atoms with Crippen LogP contribution in [0.2, 0.25) is 5.02 Å². The molecular weight excluding hydrogens is 501 g/mol. The summed E-state index contributed by atoms with van der Waals surface area (Å²) < 4.78 is 15.4. The van der Waals surface area contributed by atoms with Crippen molar-refractivity contribution in [3.63, 3.8) is 0 Å². The molecular formula is C31H35ClFN3O2. The molecule has 3 aromatic rings. The van der Waals surface area contributed by atoms with Crippen LogP contribution in [0, 0.1) is 11.7 Å². The largest absolute Gasteiger partial charge is 0.380 e. The molecule has 2 aromatic carbocycles. The number of hydrogen-bond donors (Lipinski definition) is 2. The highest BCUT2D eigenvalue weighted by Gasteiger charge is 2.39. The van der Waals surface area contributed by atoms with Gasteiger partial charge in [0.15, 0.2) is 0 Å². The van der Waals surface area contributed by atoms with Gasteiger partial charge in [-0.25, -0.2) is 9.07 Å². The van der Waals surface area contributed by atoms with Gasteiger partial charge in [-0.05, 0) is 80.0 Å². The van der Waals surface area contributed by atoms with Crippen LogP contribution in [-0.2, 0) is 11.2 Å². The van der Waals surface area contributed by atoms with E-state index in [-0.39, 0.29) is 23.7 Å². The number of aromatic nitrogens is 2. The summed E-state index contributed by atoms with van der Waals surface area (Å²) in [6.45, 7) is 5.91. The van der Waals surface area contributed by atoms with Crippen molar-refractivity contribution in [3.8, 4) is 5.69 Å². The molecule has 1 unspecified atom stereocenters. The molecule has 0 fully saturated rings. The second kappa shape index (κ2) is 10.7. The lowest BCUT2D eigenvalue weighted by atomic mass is 9.77. The quantitative estimate of drug-likeness (QED) is 0.311. The van der Waals surface area contributed by atoms with Crippen LogP contribution in [0.15, 0.2) is 65.9 Å². The van der Waals surface area contributed by atoms with Gasteiger partial charge < -0.3 is 10.4 Å². The second-order valence-corrected chi connectivity index (χ2v) is 11.1. The summed E-state index contributed by atoms with van der Waals surface area (Å²) in [4.78, 5) is 13.2. The van der Waals surface area contributed by atoms with Crippen LogP contribution in [0.25, 0.3) is 5.69 Å². The summed E-state index contributed by atoms with van der Waals surface area (Å²) in [6, 6.07) is 13.8. The molecule has 2 N–H and O–H groups in total. The fourth-order valence-corrected chi connectivity index (χ4v) is 6.38. The molecule has 1 heterocycles. The summed E-state index contributed by atoms with van der Waals surface area (Å²) >= 11 is 6.16. The number of nitrogens with zero attached hydrogens (tertiary/aromatic N) is 2. The minimum atomic E-state index is -1.38. The van der Waals surface area contributed by atoms with Crippen molar-refractivity contribution in [1.29, 1.82) is 0 Å². The summed E-state index contributed by atoms with van der Waals surface area (Å²) in [5.74, 6) is -0.0699. The standard InChI is InChI=1S/C31H35ClFN3O2/c1-4-31(38,5-2)30(37)35-27(20-8-10-23(32)11-9-20)16-21-6-7-22-17-28-26(19(3)29(21)22)18-34-36(28)25-14-12-24(33)13-15-25/h8-15,18-19,21,27,38H,4-7,16-17H2,1-3H3,(H,35,37)/t19-,21+,27?/m0/s1. The summed E-state index contributed by atoms with van der Waals surface area (Å²) in [6.07, 6.45) is 6.28. The van der Waals surface area contributed by atoms with Crippen molar-refractivity contribution in [2.45, 2.75) is 76.9 Å². The number of hydrogen-bond acceptors (Lipinski definition) is 3. The Balaban J connectivity index is 1.42. The van der Waals surface area contributed by atoms with Crippen LogP contribution < -0.4 is 5.32 Å². The summed E-state index contributed by atoms with van der Waals surface area (Å²) in [5.41, 5.74) is 5.74. The highest BCUT2D eigenvalue weighted by molar-refractivity contribution is 6.30. The van der Waals surface area contributed by atoms with E-state index in [9.17, 15) is 14.3 Å². The Bertz CT molecular complexity index is 1340. The Morgan fingerprint density at radius 3 is 2.53 bits per heavy atom. The van der Waals surface area contributed by atoms with Crippen LogP contribution >= 0.6 is 11.6 Å². The molecule has 3 atom stereocenters. The number of nitrogens with one attached hydrogen (secondary N) is 1. The number of carbonyl (C=O) groups is 1. The molecule has 1 amide bonds. The molecule has 0 spiro atoms. The minimum Gasteiger partial charge on any atom is -0.380 e. The normalized spacial score (nSPS) is 19.7. The maximum atomic E-state index is 13.5. The number of aliphatic hydroxyl groups is 1. The molecule has 0 saturated heterocycles. The van der Waals surface area contributed by atoms with Crippen LogP contribution in [-0.4, -0.2) is 26.4 Å². The molecule has 2 aliphatic rings. The topological polar surface area (TPSA) is 67.2 Å². The molecule has 2 aliphatic carbocycles. The highest BCUT2D eigenvalue weighted by Crippen LogP contribution is 2.49. The SMILES string of the molecule is CCC(O)(CC)C(=O)NC(C[C@H]1CCC2=C1[C@@H](C)c1cnn(-c3ccc(F)cc3)c1C2)c1ccc(Cl)cc1. The molecule has 1 aromatic heterocycles. The second-order valence-electron chi connectivity index (χ2n) is 10.7. The molecule has 7 heteroatoms. The zero-order chi connectivity index (χ0) is 27.0. The van der Waals surface area contributed by atoms with Crippen molar-refractivity contribution >= 4 is 17.5 Å². The van der Waals surface area contributed by atoms with Crippen LogP contribution in [0.1, 0.15) is 81.7 Å². The monoisotopic (exact) mass is 535 g/mol. The number of halogens is 2. The van der Waals surface area contributed by atoms with Gasteiger partial charge in [0.2, 0.25) is 0 Å². The number of allylic oxidation sites excluding steroid dienone is 2. The lowest BCUT2D eigenvalue weighted by Gasteiger charge is -2.32. The van der Waals surface area contributed by atoms with E-state index in [4.69, 9.17) is 11.6 Å². The molecule has 200 valence electrons. The Kier molecular flexibility index (Phi) is 7.47. The van der Waals surface area contributed by atoms with Crippen LogP contribution in [0.4, 0.5) is 4.39 Å². The van der Waals surface area contributed by atoms with E-state index in [1.807, 2.05) is 49.0 Å². The lowest BCUT2D eigenvalue weighted by molar-refractivity contribution is -0.141. The van der Waals surface area contributed by atoms with E-state index in [0.717, 1.165) is 36.9 Å². The highest BCUT2D eigenvalue weighted by atomic mass is 35.5. The van der Waals surface area contributed by atoms with E-state index in [0.29, 0.717) is 23.8 Å². The van der Waals surface area contributed by atoms with Gasteiger partial charge in [-0.2, -0.15) is 5.10 Å². The van der Waals surface area contributed by atoms with E-state index in [2.05, 4.69) is 17.3 Å². The van der Waals surface area contributed by atoms with Crippen molar-refractivity contribution < 1.29 is 14.3 Å². The van der Waals surface area contributed by atoms with E-state index in [1.165, 1.54) is 34.5 Å². The number of rotatable bonds is 8. The zero-order valence-electron chi connectivity index (χ0n) is 22.2. The maximum Gasteiger partial charge on any atom is 0.252 e. The first-order chi connectivity index (χ1) is 18.2. The summed E-state index contributed by atoms with van der Waals surface area (Å²) in [5, 5.41) is 19.4. The molecule has 38 heavy (non-hydrogen) atoms. The average molecular weight is 536 g/mol. The molecule has 5 rings (SSSR count). The van der Waals surface area contributed by atoms with Gasteiger partial charge in [-0.3, -0.25) is 4.79 Å². The molecule has 0 bridgehead atoms. The third kappa shape index (κ3) is 4.92. The van der Waals surface area contributed by atoms with Crippen molar-refractivity contribution in [1.82, 2.24) is 15.1 Å². The molecule has 0 radical (unpaired) electrons. The van der Waals surface area contributed by atoms with E-state index >= 15 is 0 Å². The van der Waals surface area contributed by atoms with Crippen molar-refractivity contribution in [2.24, 2.45) is 5.92 Å². The summed E-state index contributed by atoms with van der Waals surface area (Å²) in [7, 11) is 0. The Morgan fingerprint density at radius 2 is 1.87 bits per heavy atom. The van der Waals surface area contributed by atoms with Crippen LogP contribution in [0.5, 0.6) is 0 Å². The first-order valence-corrected chi connectivity index (χ1v) is 13.9. The van der Waals surface area contributed by atoms with Crippen LogP contribution in [0.3, 0.4) is 0 Å². The Hall–Kier alpha value is -2.96. The van der Waals surface area contributed by atoms with Gasteiger partial charge in [-0.15, -0.1) is 0 Å². The van der Waals surface area contributed by atoms with Gasteiger partial charge >= 0.3 is 0 Å². The Morgan fingerprint density at radius 1 is 1.18 bits per heavy atom. The predicted octanol–water partition coefficient (Wildman–Crippen LogP) is 6.83. The number of benzene rings is 2. The van der Waals surface area contributed by atoms with Gasteiger partial charge in [0, 0.05) is 22.9 Å². The van der Waals surface area contributed by atoms with E-state index in [1.54, 1.807) is 12.1 Å². The third-order valence-electron chi connectivity index (χ3n) is 8.62. The number of fused-ring (bicyclic) bond motifs is 1. The van der Waals surface area contributed by atoms with Crippen molar-refractivity contribution in [2.75, 3.05) is 0 Å². The fourth-order valence-electron chi connectivity index (χ4n) is 6.25. The molecule has 0 saturated carbocycles. The maximum absolute atomic E-state index is 13.5. The zero-order valence-corrected chi connectivity index (χ0v) is 22.9. The number of amides is 1. The average Bonchev–Trinajstić information content (AvgIpc) is 3.53. The lowest BCUT2D eigenvalue weighted by Crippen LogP contribution is -2.47. The molecule has 0 aliphatic heterocycles. The smallest absolute Gasteiger partial charge is 0.252 e. The molecule has 5 nitrogen and oxygen atoms in total. The van der Waals surface area contributed by atoms with Gasteiger partial charge in [0.1, 0.15) is 11.4 Å². The van der Waals surface area contributed by atoms with Gasteiger partial charge in [-0.1, -0.05) is 55.7 Å². The van der Waals surface area contributed by atoms with Gasteiger partial charge in [0.25, 0.3) is 5.91 Å². The van der Waals surface area contributed by atoms with Crippen molar-refractivity contribution in [3.05, 3.63) is 93.5 Å². The van der Waals surface area contributed by atoms with E-state index < -0.39 is 5.60 Å². The first-order valence-electron chi connectivity index (χ1n) is 13.6. The fraction of sp³-hybridized carbons (Fsp3) is 0.419. The minimum absolute atomic E-state index is 0.209. The predicted molar refractivity (Wildman–Crippen MR) is 148 cm³/mol. The third-order valence-corrected chi connectivity index (χ3v) is 8.87.